The monoisotopic (exact) mass is 509 g/mol. The summed E-state index contributed by atoms with van der Waals surface area (Å²) >= 11 is 0. The van der Waals surface area contributed by atoms with Crippen LogP contribution in [0.4, 0.5) is 0 Å². The van der Waals surface area contributed by atoms with Crippen molar-refractivity contribution in [3.63, 3.8) is 0 Å². The van der Waals surface area contributed by atoms with E-state index >= 15 is 0 Å². The number of hydrogen-bond donors (Lipinski definition) is 2. The first kappa shape index (κ1) is 26.9. The number of sulfonamides is 1. The molecule has 0 spiro atoms. The van der Waals surface area contributed by atoms with E-state index in [1.54, 1.807) is 0 Å². The zero-order valence-electron chi connectivity index (χ0n) is 21.8. The normalized spacial score (nSPS) is 34.2. The van der Waals surface area contributed by atoms with Gasteiger partial charge < -0.3 is 10.2 Å². The highest BCUT2D eigenvalue weighted by molar-refractivity contribution is 7.90. The maximum atomic E-state index is 13.3. The predicted molar refractivity (Wildman–Crippen MR) is 138 cm³/mol. The first-order valence-corrected chi connectivity index (χ1v) is 15.9. The van der Waals surface area contributed by atoms with Crippen molar-refractivity contribution in [1.82, 2.24) is 14.9 Å². The average Bonchev–Trinajstić information content (AvgIpc) is 3.64. The Labute approximate surface area is 212 Å². The lowest BCUT2D eigenvalue weighted by molar-refractivity contribution is -0.139. The van der Waals surface area contributed by atoms with Crippen molar-refractivity contribution in [3.05, 3.63) is 0 Å². The zero-order chi connectivity index (χ0) is 25.0. The first-order valence-electron chi connectivity index (χ1n) is 14.4. The minimum atomic E-state index is -3.21. The molecule has 2 unspecified atom stereocenters. The second-order valence-electron chi connectivity index (χ2n) is 11.9. The molecule has 8 heteroatoms. The summed E-state index contributed by atoms with van der Waals surface area (Å²) in [6.07, 6.45) is 13.6. The molecule has 7 nitrogen and oxygen atoms in total. The number of carbonyl (C=O) groups is 2. The Morgan fingerprint density at radius 3 is 2.11 bits per heavy atom. The maximum Gasteiger partial charge on any atom is 0.225 e. The summed E-state index contributed by atoms with van der Waals surface area (Å²) in [5, 5.41) is 2.92. The van der Waals surface area contributed by atoms with Gasteiger partial charge in [-0.15, -0.1) is 0 Å². The number of amides is 2. The van der Waals surface area contributed by atoms with Crippen LogP contribution in [0.3, 0.4) is 0 Å². The third kappa shape index (κ3) is 7.43. The minimum Gasteiger partial charge on any atom is -0.353 e. The number of rotatable bonds is 9. The van der Waals surface area contributed by atoms with Gasteiger partial charge in [-0.1, -0.05) is 19.8 Å². The van der Waals surface area contributed by atoms with Crippen molar-refractivity contribution in [1.29, 1.82) is 0 Å². The maximum absolute atomic E-state index is 13.3. The molecular formula is C27H47N3O4S. The molecule has 0 aromatic rings. The highest BCUT2D eigenvalue weighted by Crippen LogP contribution is 2.33. The van der Waals surface area contributed by atoms with Gasteiger partial charge >= 0.3 is 0 Å². The fourth-order valence-corrected chi connectivity index (χ4v) is 8.51. The fourth-order valence-electron chi connectivity index (χ4n) is 6.72. The van der Waals surface area contributed by atoms with Gasteiger partial charge in [0, 0.05) is 37.0 Å². The number of nitrogens with one attached hydrogen (secondary N) is 2. The molecule has 0 radical (unpaired) electrons. The zero-order valence-corrected chi connectivity index (χ0v) is 22.7. The van der Waals surface area contributed by atoms with E-state index in [0.717, 1.165) is 70.8 Å². The van der Waals surface area contributed by atoms with E-state index < -0.39 is 10.0 Å². The van der Waals surface area contributed by atoms with Gasteiger partial charge in [-0.25, -0.2) is 13.1 Å². The van der Waals surface area contributed by atoms with E-state index in [4.69, 9.17) is 0 Å². The molecule has 35 heavy (non-hydrogen) atoms. The van der Waals surface area contributed by atoms with Crippen LogP contribution in [-0.2, 0) is 19.6 Å². The van der Waals surface area contributed by atoms with Crippen LogP contribution >= 0.6 is 0 Å². The van der Waals surface area contributed by atoms with Gasteiger partial charge in [0.15, 0.2) is 0 Å². The van der Waals surface area contributed by atoms with Gasteiger partial charge in [0.2, 0.25) is 21.8 Å². The highest BCUT2D eigenvalue weighted by atomic mass is 32.2. The van der Waals surface area contributed by atoms with Gasteiger partial charge in [0.1, 0.15) is 0 Å². The number of nitrogens with zero attached hydrogens (tertiary/aromatic N) is 1. The SMILES string of the molecule is CCN(C(=O)C1CCC(NC(=O)CC2CCC(S(=O)(=O)NC3CC3)CC2)CC1)C1CCCC(C)C1. The summed E-state index contributed by atoms with van der Waals surface area (Å²) in [6.45, 7) is 5.21. The van der Waals surface area contributed by atoms with Crippen molar-refractivity contribution in [2.24, 2.45) is 17.8 Å². The van der Waals surface area contributed by atoms with Crippen molar-refractivity contribution < 1.29 is 18.0 Å². The third-order valence-electron chi connectivity index (χ3n) is 9.03. The summed E-state index contributed by atoms with van der Waals surface area (Å²) < 4.78 is 27.7. The largest absolute Gasteiger partial charge is 0.353 e. The quantitative estimate of drug-likeness (QED) is 0.489. The van der Waals surface area contributed by atoms with Gasteiger partial charge in [-0.3, -0.25) is 9.59 Å². The number of hydrogen-bond acceptors (Lipinski definition) is 4. The molecule has 4 saturated carbocycles. The molecule has 0 bridgehead atoms. The van der Waals surface area contributed by atoms with Crippen LogP contribution in [-0.4, -0.2) is 55.1 Å². The molecule has 0 heterocycles. The van der Waals surface area contributed by atoms with E-state index in [2.05, 4.69) is 28.8 Å². The topological polar surface area (TPSA) is 95.6 Å². The molecule has 4 aliphatic carbocycles. The Kier molecular flexibility index (Phi) is 9.17. The minimum absolute atomic E-state index is 0.0913. The molecule has 0 aromatic carbocycles. The lowest BCUT2D eigenvalue weighted by Crippen LogP contribution is -2.47. The molecule has 4 fully saturated rings. The van der Waals surface area contributed by atoms with Crippen LogP contribution in [0.15, 0.2) is 0 Å². The van der Waals surface area contributed by atoms with Crippen molar-refractivity contribution in [2.45, 2.75) is 134 Å². The molecule has 0 aromatic heterocycles. The van der Waals surface area contributed by atoms with Gasteiger partial charge in [-0.05, 0) is 95.8 Å². The Bertz CT molecular complexity index is 827. The van der Waals surface area contributed by atoms with Gasteiger partial charge in [-0.2, -0.15) is 0 Å². The Balaban J connectivity index is 1.16. The summed E-state index contributed by atoms with van der Waals surface area (Å²) in [6, 6.07) is 0.730. The summed E-state index contributed by atoms with van der Waals surface area (Å²) in [5.41, 5.74) is 0. The first-order chi connectivity index (χ1) is 16.7. The van der Waals surface area contributed by atoms with E-state index in [1.165, 1.54) is 12.8 Å². The Morgan fingerprint density at radius 2 is 1.51 bits per heavy atom. The molecule has 2 amide bonds. The second-order valence-corrected chi connectivity index (χ2v) is 13.9. The lowest BCUT2D eigenvalue weighted by atomic mass is 9.82. The van der Waals surface area contributed by atoms with Crippen LogP contribution in [0.1, 0.15) is 110 Å². The highest BCUT2D eigenvalue weighted by Gasteiger charge is 2.36. The Hall–Kier alpha value is -1.15. The summed E-state index contributed by atoms with van der Waals surface area (Å²) in [7, 11) is -3.21. The molecule has 2 N–H and O–H groups in total. The van der Waals surface area contributed by atoms with Crippen LogP contribution in [0.25, 0.3) is 0 Å². The molecule has 2 atom stereocenters. The lowest BCUT2D eigenvalue weighted by Gasteiger charge is -2.39. The predicted octanol–water partition coefficient (Wildman–Crippen LogP) is 4.12. The smallest absolute Gasteiger partial charge is 0.225 e. The molecule has 4 aliphatic rings. The molecule has 0 aliphatic heterocycles. The molecule has 200 valence electrons. The van der Waals surface area contributed by atoms with Gasteiger partial charge in [0.25, 0.3) is 0 Å². The Morgan fingerprint density at radius 1 is 0.857 bits per heavy atom. The van der Waals surface area contributed by atoms with E-state index in [9.17, 15) is 18.0 Å². The van der Waals surface area contributed by atoms with Crippen LogP contribution < -0.4 is 10.0 Å². The van der Waals surface area contributed by atoms with E-state index in [-0.39, 0.29) is 35.1 Å². The average molecular weight is 510 g/mol. The van der Waals surface area contributed by atoms with Gasteiger partial charge in [0.05, 0.1) is 5.25 Å². The molecule has 4 rings (SSSR count). The second kappa shape index (κ2) is 11.9. The van der Waals surface area contributed by atoms with Crippen molar-refractivity contribution >= 4 is 21.8 Å². The van der Waals surface area contributed by atoms with Crippen LogP contribution in [0, 0.1) is 17.8 Å². The van der Waals surface area contributed by atoms with Crippen molar-refractivity contribution in [2.75, 3.05) is 6.54 Å². The summed E-state index contributed by atoms with van der Waals surface area (Å²) in [4.78, 5) is 28.1. The standard InChI is InChI=1S/C27H47N3O4S/c1-3-30(24-6-4-5-19(2)17-24)27(32)21-9-11-22(12-10-21)28-26(31)18-20-7-15-25(16-8-20)35(33,34)29-23-13-14-23/h19-25,29H,3-18H2,1-2H3,(H,28,31). The molecular weight excluding hydrogens is 462 g/mol. The van der Waals surface area contributed by atoms with E-state index in [1.807, 2.05) is 0 Å². The molecule has 0 saturated heterocycles. The van der Waals surface area contributed by atoms with Crippen molar-refractivity contribution in [3.8, 4) is 0 Å². The van der Waals surface area contributed by atoms with E-state index in [0.29, 0.717) is 37.1 Å². The van der Waals surface area contributed by atoms with Crippen LogP contribution in [0.2, 0.25) is 0 Å². The summed E-state index contributed by atoms with van der Waals surface area (Å²) in [5.74, 6) is 1.51. The fraction of sp³-hybridized carbons (Fsp3) is 0.926. The number of carbonyl (C=O) groups excluding carboxylic acids is 2. The third-order valence-corrected chi connectivity index (χ3v) is 11.0. The van der Waals surface area contributed by atoms with Crippen LogP contribution in [0.5, 0.6) is 0 Å².